The van der Waals surface area contributed by atoms with Crippen LogP contribution in [0.3, 0.4) is 0 Å². The molecule has 1 unspecified atom stereocenters. The van der Waals surface area contributed by atoms with Crippen molar-refractivity contribution in [2.75, 3.05) is 19.6 Å². The molecule has 2 heterocycles. The Balaban J connectivity index is 1.64. The summed E-state index contributed by atoms with van der Waals surface area (Å²) in [4.78, 5) is 4.04. The standard InChI is InChI=1S/C16H25BrN2S/c17-13-10-15(20-12-13)14(11-18)19-8-6-16(7-9-19)4-2-1-3-5-16/h10,12,14H,1-9,11,18H2. The van der Waals surface area contributed by atoms with Crippen molar-refractivity contribution in [1.29, 1.82) is 0 Å². The molecule has 0 bridgehead atoms. The van der Waals surface area contributed by atoms with Gasteiger partial charge >= 0.3 is 0 Å². The van der Waals surface area contributed by atoms with Gasteiger partial charge in [-0.1, -0.05) is 19.3 Å². The Kier molecular flexibility index (Phi) is 4.86. The van der Waals surface area contributed by atoms with Crippen LogP contribution in [-0.4, -0.2) is 24.5 Å². The smallest absolute Gasteiger partial charge is 0.0564 e. The zero-order valence-electron chi connectivity index (χ0n) is 12.1. The van der Waals surface area contributed by atoms with Crippen LogP contribution < -0.4 is 5.73 Å². The van der Waals surface area contributed by atoms with Crippen LogP contribution in [0, 0.1) is 5.41 Å². The van der Waals surface area contributed by atoms with Gasteiger partial charge in [0.05, 0.1) is 6.04 Å². The van der Waals surface area contributed by atoms with Crippen LogP contribution in [0.15, 0.2) is 15.9 Å². The van der Waals surface area contributed by atoms with Gasteiger partial charge in [0, 0.05) is 21.3 Å². The van der Waals surface area contributed by atoms with Crippen LogP contribution in [0.2, 0.25) is 0 Å². The molecule has 1 saturated carbocycles. The number of nitrogens with zero attached hydrogens (tertiary/aromatic N) is 1. The maximum Gasteiger partial charge on any atom is 0.0564 e. The van der Waals surface area contributed by atoms with Gasteiger partial charge in [0.1, 0.15) is 0 Å². The molecule has 1 atom stereocenters. The van der Waals surface area contributed by atoms with Gasteiger partial charge < -0.3 is 5.73 Å². The van der Waals surface area contributed by atoms with E-state index in [1.807, 2.05) is 11.3 Å². The summed E-state index contributed by atoms with van der Waals surface area (Å²) in [7, 11) is 0. The number of hydrogen-bond donors (Lipinski definition) is 1. The zero-order chi connectivity index (χ0) is 14.0. The molecule has 1 spiro atoms. The first-order chi connectivity index (χ1) is 9.72. The predicted molar refractivity (Wildman–Crippen MR) is 90.1 cm³/mol. The van der Waals surface area contributed by atoms with E-state index in [0.29, 0.717) is 11.5 Å². The summed E-state index contributed by atoms with van der Waals surface area (Å²) in [5.41, 5.74) is 6.75. The minimum Gasteiger partial charge on any atom is -0.329 e. The second-order valence-corrected chi connectivity index (χ2v) is 8.37. The minimum atomic E-state index is 0.423. The average Bonchev–Trinajstić information content (AvgIpc) is 2.89. The van der Waals surface area contributed by atoms with E-state index >= 15 is 0 Å². The van der Waals surface area contributed by atoms with Crippen molar-refractivity contribution in [1.82, 2.24) is 4.90 Å². The maximum absolute atomic E-state index is 6.06. The Morgan fingerprint density at radius 3 is 2.45 bits per heavy atom. The van der Waals surface area contributed by atoms with Crippen molar-refractivity contribution < 1.29 is 0 Å². The third kappa shape index (κ3) is 3.13. The fraction of sp³-hybridized carbons (Fsp3) is 0.750. The van der Waals surface area contributed by atoms with Crippen molar-refractivity contribution in [2.45, 2.75) is 51.0 Å². The zero-order valence-corrected chi connectivity index (χ0v) is 14.5. The van der Waals surface area contributed by atoms with Gasteiger partial charge in [-0.3, -0.25) is 4.90 Å². The lowest BCUT2D eigenvalue weighted by Crippen LogP contribution is -2.44. The van der Waals surface area contributed by atoms with Crippen molar-refractivity contribution in [3.63, 3.8) is 0 Å². The number of likely N-dealkylation sites (tertiary alicyclic amines) is 1. The second kappa shape index (κ2) is 6.47. The number of thiophene rings is 1. The molecule has 3 rings (SSSR count). The Morgan fingerprint density at radius 1 is 1.20 bits per heavy atom. The Labute approximate surface area is 134 Å². The first-order valence-electron chi connectivity index (χ1n) is 7.90. The van der Waals surface area contributed by atoms with E-state index in [0.717, 1.165) is 6.54 Å². The predicted octanol–water partition coefficient (Wildman–Crippen LogP) is 4.56. The van der Waals surface area contributed by atoms with Gasteiger partial charge in [-0.05, 0) is 66.2 Å². The second-order valence-electron chi connectivity index (χ2n) is 6.52. The van der Waals surface area contributed by atoms with E-state index < -0.39 is 0 Å². The fourth-order valence-corrected chi connectivity index (χ4v) is 5.65. The van der Waals surface area contributed by atoms with Gasteiger partial charge in [-0.15, -0.1) is 11.3 Å². The highest BCUT2D eigenvalue weighted by Gasteiger charge is 2.37. The highest BCUT2D eigenvalue weighted by atomic mass is 79.9. The lowest BCUT2D eigenvalue weighted by molar-refractivity contribution is 0.0472. The lowest BCUT2D eigenvalue weighted by Gasteiger charge is -2.46. The highest BCUT2D eigenvalue weighted by molar-refractivity contribution is 9.10. The van der Waals surface area contributed by atoms with Gasteiger partial charge in [0.25, 0.3) is 0 Å². The molecule has 20 heavy (non-hydrogen) atoms. The summed E-state index contributed by atoms with van der Waals surface area (Å²) in [6, 6.07) is 2.67. The SMILES string of the molecule is NCC(c1cc(Br)cs1)N1CCC2(CCCCC2)CC1. The molecule has 0 amide bonds. The van der Waals surface area contributed by atoms with E-state index in [9.17, 15) is 0 Å². The van der Waals surface area contributed by atoms with Crippen LogP contribution >= 0.6 is 27.3 Å². The minimum absolute atomic E-state index is 0.423. The van der Waals surface area contributed by atoms with Crippen LogP contribution in [0.25, 0.3) is 0 Å². The molecule has 0 radical (unpaired) electrons. The van der Waals surface area contributed by atoms with Crippen LogP contribution in [0.5, 0.6) is 0 Å². The Morgan fingerprint density at radius 2 is 1.90 bits per heavy atom. The van der Waals surface area contributed by atoms with Gasteiger partial charge in [0.2, 0.25) is 0 Å². The molecule has 2 nitrogen and oxygen atoms in total. The van der Waals surface area contributed by atoms with Crippen molar-refractivity contribution in [3.8, 4) is 0 Å². The molecule has 2 fully saturated rings. The first kappa shape index (κ1) is 15.0. The molecule has 1 saturated heterocycles. The topological polar surface area (TPSA) is 29.3 Å². The highest BCUT2D eigenvalue weighted by Crippen LogP contribution is 2.45. The molecule has 1 aliphatic heterocycles. The van der Waals surface area contributed by atoms with Gasteiger partial charge in [0.15, 0.2) is 0 Å². The summed E-state index contributed by atoms with van der Waals surface area (Å²) in [6.45, 7) is 3.20. The normalized spacial score (nSPS) is 24.9. The molecule has 1 aromatic rings. The van der Waals surface area contributed by atoms with Crippen LogP contribution in [0.1, 0.15) is 55.9 Å². The van der Waals surface area contributed by atoms with Gasteiger partial charge in [-0.25, -0.2) is 0 Å². The van der Waals surface area contributed by atoms with Crippen molar-refractivity contribution in [2.24, 2.45) is 11.1 Å². The lowest BCUT2D eigenvalue weighted by atomic mass is 9.68. The fourth-order valence-electron chi connectivity index (χ4n) is 4.06. The number of rotatable bonds is 3. The molecule has 2 N–H and O–H groups in total. The summed E-state index contributed by atoms with van der Waals surface area (Å²) in [5, 5.41) is 2.17. The van der Waals surface area contributed by atoms with E-state index in [4.69, 9.17) is 5.73 Å². The molecule has 2 aliphatic rings. The molecule has 1 aliphatic carbocycles. The monoisotopic (exact) mass is 356 g/mol. The molecule has 112 valence electrons. The average molecular weight is 357 g/mol. The summed E-state index contributed by atoms with van der Waals surface area (Å²) >= 11 is 5.40. The van der Waals surface area contributed by atoms with E-state index in [1.54, 1.807) is 0 Å². The Bertz CT molecular complexity index is 429. The number of halogens is 1. The Hall–Kier alpha value is 0.1000. The summed E-state index contributed by atoms with van der Waals surface area (Å²) in [5.74, 6) is 0. The third-order valence-corrected chi connectivity index (χ3v) is 7.15. The summed E-state index contributed by atoms with van der Waals surface area (Å²) < 4.78 is 1.19. The first-order valence-corrected chi connectivity index (χ1v) is 9.58. The molecule has 1 aromatic heterocycles. The molecular weight excluding hydrogens is 332 g/mol. The van der Waals surface area contributed by atoms with Crippen LogP contribution in [-0.2, 0) is 0 Å². The number of hydrogen-bond acceptors (Lipinski definition) is 3. The maximum atomic E-state index is 6.06. The van der Waals surface area contributed by atoms with Crippen molar-refractivity contribution >= 4 is 27.3 Å². The third-order valence-electron chi connectivity index (χ3n) is 5.35. The van der Waals surface area contributed by atoms with E-state index in [1.165, 1.54) is 67.4 Å². The number of nitrogens with two attached hydrogens (primary N) is 1. The molecule has 4 heteroatoms. The largest absolute Gasteiger partial charge is 0.329 e. The molecular formula is C16H25BrN2S. The van der Waals surface area contributed by atoms with Gasteiger partial charge in [-0.2, -0.15) is 0 Å². The van der Waals surface area contributed by atoms with Crippen molar-refractivity contribution in [3.05, 3.63) is 20.8 Å². The quantitative estimate of drug-likeness (QED) is 0.859. The number of piperidine rings is 1. The summed E-state index contributed by atoms with van der Waals surface area (Å²) in [6.07, 6.45) is 10.1. The van der Waals surface area contributed by atoms with E-state index in [2.05, 4.69) is 32.3 Å². The molecule has 0 aromatic carbocycles. The van der Waals surface area contributed by atoms with E-state index in [-0.39, 0.29) is 0 Å². The van der Waals surface area contributed by atoms with Crippen LogP contribution in [0.4, 0.5) is 0 Å².